The van der Waals surface area contributed by atoms with Gasteiger partial charge in [-0.15, -0.1) is 0 Å². The van der Waals surface area contributed by atoms with Gasteiger partial charge in [0.15, 0.2) is 11.5 Å². The van der Waals surface area contributed by atoms with Crippen molar-refractivity contribution in [3.8, 4) is 22.6 Å². The number of H-pyrrole nitrogens is 1. The van der Waals surface area contributed by atoms with Crippen molar-refractivity contribution in [2.45, 2.75) is 0 Å². The molecule has 4 rings (SSSR count). The van der Waals surface area contributed by atoms with Crippen LogP contribution in [0.3, 0.4) is 0 Å². The third-order valence-electron chi connectivity index (χ3n) is 3.49. The molecule has 21 heavy (non-hydrogen) atoms. The topological polar surface area (TPSA) is 51.3 Å². The van der Waals surface area contributed by atoms with Crippen molar-refractivity contribution in [3.63, 3.8) is 0 Å². The van der Waals surface area contributed by atoms with Gasteiger partial charge in [-0.1, -0.05) is 12.1 Å². The number of rotatable bonds is 1. The van der Waals surface area contributed by atoms with Crippen molar-refractivity contribution in [3.05, 3.63) is 58.6 Å². The van der Waals surface area contributed by atoms with Gasteiger partial charge in [-0.3, -0.25) is 4.79 Å². The third kappa shape index (κ3) is 1.94. The molecular weight excluding hydrogens is 273 g/mol. The van der Waals surface area contributed by atoms with Crippen molar-refractivity contribution in [2.75, 3.05) is 6.79 Å². The first kappa shape index (κ1) is 12.0. The second kappa shape index (κ2) is 4.34. The maximum Gasteiger partial charge on any atom is 0.249 e. The molecule has 1 aromatic heterocycles. The molecule has 0 unspecified atom stereocenters. The maximum atomic E-state index is 13.1. The highest BCUT2D eigenvalue weighted by atomic mass is 19.1. The largest absolute Gasteiger partial charge is 0.454 e. The fourth-order valence-electron chi connectivity index (χ4n) is 2.51. The molecule has 0 aliphatic carbocycles. The Morgan fingerprint density at radius 1 is 1.00 bits per heavy atom. The van der Waals surface area contributed by atoms with Crippen molar-refractivity contribution >= 4 is 10.9 Å². The molecular formula is C16H10FNO3. The fourth-order valence-corrected chi connectivity index (χ4v) is 2.51. The van der Waals surface area contributed by atoms with Gasteiger partial charge in [-0.2, -0.15) is 0 Å². The van der Waals surface area contributed by atoms with Gasteiger partial charge in [-0.25, -0.2) is 4.39 Å². The van der Waals surface area contributed by atoms with Crippen LogP contribution in [0.1, 0.15) is 0 Å². The molecule has 0 saturated carbocycles. The summed E-state index contributed by atoms with van der Waals surface area (Å²) in [7, 11) is 0. The van der Waals surface area contributed by atoms with Gasteiger partial charge in [-0.05, 0) is 29.3 Å². The highest BCUT2D eigenvalue weighted by Gasteiger charge is 2.16. The number of ether oxygens (including phenoxy) is 2. The van der Waals surface area contributed by atoms with Crippen LogP contribution < -0.4 is 15.0 Å². The van der Waals surface area contributed by atoms with Gasteiger partial charge in [0, 0.05) is 17.5 Å². The number of benzene rings is 2. The van der Waals surface area contributed by atoms with Crippen LogP contribution in [0.2, 0.25) is 0 Å². The smallest absolute Gasteiger partial charge is 0.249 e. The molecule has 1 aliphatic heterocycles. The van der Waals surface area contributed by atoms with Gasteiger partial charge in [0.25, 0.3) is 0 Å². The van der Waals surface area contributed by atoms with Gasteiger partial charge in [0.05, 0.1) is 5.52 Å². The molecule has 2 heterocycles. The van der Waals surface area contributed by atoms with Crippen LogP contribution in [-0.2, 0) is 0 Å². The summed E-state index contributed by atoms with van der Waals surface area (Å²) >= 11 is 0. The quantitative estimate of drug-likeness (QED) is 0.746. The Balaban J connectivity index is 2.03. The van der Waals surface area contributed by atoms with Gasteiger partial charge in [0.2, 0.25) is 12.4 Å². The lowest BCUT2D eigenvalue weighted by molar-refractivity contribution is 0.174. The first-order valence-electron chi connectivity index (χ1n) is 6.43. The molecule has 0 bridgehead atoms. The van der Waals surface area contributed by atoms with E-state index in [1.165, 1.54) is 18.2 Å². The van der Waals surface area contributed by atoms with Gasteiger partial charge >= 0.3 is 0 Å². The molecule has 4 nitrogen and oxygen atoms in total. The van der Waals surface area contributed by atoms with Gasteiger partial charge in [0.1, 0.15) is 5.82 Å². The number of hydrogen-bond acceptors (Lipinski definition) is 3. The Labute approximate surface area is 118 Å². The minimum absolute atomic E-state index is 0.168. The zero-order chi connectivity index (χ0) is 14.4. The molecule has 5 heteroatoms. The van der Waals surface area contributed by atoms with Crippen LogP contribution in [0.4, 0.5) is 4.39 Å². The lowest BCUT2D eigenvalue weighted by Crippen LogP contribution is -2.04. The Hall–Kier alpha value is -2.82. The summed E-state index contributed by atoms with van der Waals surface area (Å²) in [5.41, 5.74) is 1.94. The van der Waals surface area contributed by atoms with E-state index < -0.39 is 0 Å². The normalized spacial score (nSPS) is 12.8. The molecule has 0 atom stereocenters. The monoisotopic (exact) mass is 283 g/mol. The standard InChI is InChI=1S/C16H10FNO3/c17-10-3-1-9(2-4-10)11-6-16(19)18-13-7-15-14(5-12(11)13)20-8-21-15/h1-7H,8H2,(H,18,19). The first-order valence-corrected chi connectivity index (χ1v) is 6.43. The minimum atomic E-state index is -0.314. The van der Waals surface area contributed by atoms with E-state index in [4.69, 9.17) is 9.47 Å². The lowest BCUT2D eigenvalue weighted by Gasteiger charge is -2.08. The second-order valence-electron chi connectivity index (χ2n) is 4.81. The first-order chi connectivity index (χ1) is 10.2. The van der Waals surface area contributed by atoms with Crippen molar-refractivity contribution in [2.24, 2.45) is 0 Å². The van der Waals surface area contributed by atoms with Crippen molar-refractivity contribution in [1.82, 2.24) is 4.98 Å². The van der Waals surface area contributed by atoms with Crippen LogP contribution in [0.5, 0.6) is 11.5 Å². The van der Waals surface area contributed by atoms with E-state index in [-0.39, 0.29) is 18.2 Å². The van der Waals surface area contributed by atoms with Gasteiger partial charge < -0.3 is 14.5 Å². The zero-order valence-corrected chi connectivity index (χ0v) is 10.9. The average molecular weight is 283 g/mol. The Morgan fingerprint density at radius 3 is 2.48 bits per heavy atom. The molecule has 0 radical (unpaired) electrons. The molecule has 0 amide bonds. The van der Waals surface area contributed by atoms with E-state index in [9.17, 15) is 9.18 Å². The number of fused-ring (bicyclic) bond motifs is 2. The average Bonchev–Trinajstić information content (AvgIpc) is 2.92. The number of aromatic nitrogens is 1. The van der Waals surface area contributed by atoms with Crippen LogP contribution in [-0.4, -0.2) is 11.8 Å². The molecule has 0 fully saturated rings. The molecule has 104 valence electrons. The van der Waals surface area contributed by atoms with E-state index >= 15 is 0 Å². The number of pyridine rings is 1. The summed E-state index contributed by atoms with van der Waals surface area (Å²) in [6.45, 7) is 0.168. The summed E-state index contributed by atoms with van der Waals surface area (Å²) < 4.78 is 23.8. The van der Waals surface area contributed by atoms with Crippen LogP contribution in [0.25, 0.3) is 22.0 Å². The van der Waals surface area contributed by atoms with E-state index in [0.29, 0.717) is 17.0 Å². The highest BCUT2D eigenvalue weighted by Crippen LogP contribution is 2.38. The highest BCUT2D eigenvalue weighted by molar-refractivity contribution is 5.96. The zero-order valence-electron chi connectivity index (χ0n) is 10.9. The van der Waals surface area contributed by atoms with E-state index in [2.05, 4.69) is 4.98 Å². The number of aromatic amines is 1. The number of nitrogens with one attached hydrogen (secondary N) is 1. The molecule has 0 spiro atoms. The van der Waals surface area contributed by atoms with Crippen molar-refractivity contribution in [1.29, 1.82) is 0 Å². The number of halogens is 1. The fraction of sp³-hybridized carbons (Fsp3) is 0.0625. The van der Waals surface area contributed by atoms with E-state index in [1.54, 1.807) is 18.2 Å². The molecule has 2 aromatic carbocycles. The minimum Gasteiger partial charge on any atom is -0.454 e. The second-order valence-corrected chi connectivity index (χ2v) is 4.81. The summed E-state index contributed by atoms with van der Waals surface area (Å²) in [5.74, 6) is 0.929. The number of hydrogen-bond donors (Lipinski definition) is 1. The maximum absolute atomic E-state index is 13.1. The van der Waals surface area contributed by atoms with E-state index in [0.717, 1.165) is 16.5 Å². The Kier molecular flexibility index (Phi) is 2.47. The van der Waals surface area contributed by atoms with Crippen LogP contribution >= 0.6 is 0 Å². The third-order valence-corrected chi connectivity index (χ3v) is 3.49. The SMILES string of the molecule is O=c1cc(-c2ccc(F)cc2)c2cc3c(cc2[nH]1)OCO3. The predicted molar refractivity (Wildman–Crippen MR) is 76.1 cm³/mol. The Morgan fingerprint density at radius 2 is 1.71 bits per heavy atom. The Bertz CT molecular complexity index is 900. The molecule has 1 aliphatic rings. The van der Waals surface area contributed by atoms with E-state index in [1.807, 2.05) is 6.07 Å². The van der Waals surface area contributed by atoms with Crippen molar-refractivity contribution < 1.29 is 13.9 Å². The molecule has 3 aromatic rings. The lowest BCUT2D eigenvalue weighted by atomic mass is 10.0. The summed E-state index contributed by atoms with van der Waals surface area (Å²) in [6.07, 6.45) is 0. The predicted octanol–water partition coefficient (Wildman–Crippen LogP) is 3.06. The van der Waals surface area contributed by atoms with Crippen LogP contribution in [0.15, 0.2) is 47.3 Å². The van der Waals surface area contributed by atoms with Crippen LogP contribution in [0, 0.1) is 5.82 Å². The summed E-state index contributed by atoms with van der Waals surface area (Å²) in [5, 5.41) is 0.824. The summed E-state index contributed by atoms with van der Waals surface area (Å²) in [6, 6.07) is 11.1. The molecule has 0 saturated heterocycles. The molecule has 1 N–H and O–H groups in total. The summed E-state index contributed by atoms with van der Waals surface area (Å²) in [4.78, 5) is 14.6.